The highest BCUT2D eigenvalue weighted by molar-refractivity contribution is 9.10. The Bertz CT molecular complexity index is 956. The minimum atomic E-state index is -1.29. The maximum Gasteiger partial charge on any atom is 0.254 e. The predicted octanol–water partition coefficient (Wildman–Crippen LogP) is 2.59. The lowest BCUT2D eigenvalue weighted by Gasteiger charge is -2.34. The number of benzene rings is 1. The predicted molar refractivity (Wildman–Crippen MR) is 91.8 cm³/mol. The SMILES string of the molecule is O=C(CN1C[C@@]2(C[C@H]2F)c2c(ccc(Br)c2F)C1=O)Nc1ncc(F)cn1. The van der Waals surface area contributed by atoms with E-state index in [9.17, 15) is 22.8 Å². The largest absolute Gasteiger partial charge is 0.328 e. The Hall–Kier alpha value is -2.49. The topological polar surface area (TPSA) is 75.2 Å². The molecule has 4 rings (SSSR count). The molecule has 1 fully saturated rings. The summed E-state index contributed by atoms with van der Waals surface area (Å²) in [5, 5.41) is 2.34. The van der Waals surface area contributed by atoms with E-state index < -0.39 is 35.0 Å². The lowest BCUT2D eigenvalue weighted by molar-refractivity contribution is -0.117. The summed E-state index contributed by atoms with van der Waals surface area (Å²) >= 11 is 3.06. The summed E-state index contributed by atoms with van der Waals surface area (Å²) in [5.74, 6) is -2.61. The maximum absolute atomic E-state index is 14.6. The van der Waals surface area contributed by atoms with Crippen molar-refractivity contribution in [2.75, 3.05) is 18.4 Å². The minimum absolute atomic E-state index is 0.0490. The van der Waals surface area contributed by atoms with Crippen LogP contribution in [0.25, 0.3) is 0 Å². The molecule has 1 aliphatic carbocycles. The Morgan fingerprint density at radius 3 is 2.63 bits per heavy atom. The van der Waals surface area contributed by atoms with Crippen LogP contribution in [-0.4, -0.2) is 45.9 Å². The van der Waals surface area contributed by atoms with Crippen molar-refractivity contribution >= 4 is 33.7 Å². The number of nitrogens with one attached hydrogen (secondary N) is 1. The van der Waals surface area contributed by atoms with Crippen molar-refractivity contribution in [2.24, 2.45) is 0 Å². The number of aromatic nitrogens is 2. The number of halogens is 4. The number of carbonyl (C=O) groups excluding carboxylic acids is 2. The molecule has 1 spiro atoms. The van der Waals surface area contributed by atoms with E-state index in [2.05, 4.69) is 31.2 Å². The van der Waals surface area contributed by atoms with Crippen LogP contribution in [0.4, 0.5) is 19.1 Å². The van der Waals surface area contributed by atoms with Gasteiger partial charge in [-0.3, -0.25) is 14.9 Å². The van der Waals surface area contributed by atoms with Crippen LogP contribution < -0.4 is 5.32 Å². The van der Waals surface area contributed by atoms with Crippen molar-refractivity contribution in [3.8, 4) is 0 Å². The van der Waals surface area contributed by atoms with Crippen molar-refractivity contribution in [1.82, 2.24) is 14.9 Å². The summed E-state index contributed by atoms with van der Waals surface area (Å²) in [4.78, 5) is 33.3. The molecule has 0 radical (unpaired) electrons. The Labute approximate surface area is 159 Å². The van der Waals surface area contributed by atoms with E-state index >= 15 is 0 Å². The van der Waals surface area contributed by atoms with E-state index in [-0.39, 0.29) is 41.1 Å². The van der Waals surface area contributed by atoms with E-state index in [1.807, 2.05) is 0 Å². The highest BCUT2D eigenvalue weighted by atomic mass is 79.9. The van der Waals surface area contributed by atoms with E-state index in [4.69, 9.17) is 0 Å². The third-order valence-electron chi connectivity index (χ3n) is 4.77. The molecule has 1 N–H and O–H groups in total. The second-order valence-corrected chi connectivity index (χ2v) is 7.40. The van der Waals surface area contributed by atoms with Crippen molar-refractivity contribution < 1.29 is 22.8 Å². The van der Waals surface area contributed by atoms with Crippen LogP contribution in [0.2, 0.25) is 0 Å². The molecule has 2 aliphatic rings. The van der Waals surface area contributed by atoms with Gasteiger partial charge in [0, 0.05) is 17.7 Å². The van der Waals surface area contributed by atoms with Gasteiger partial charge in [-0.15, -0.1) is 0 Å². The molecule has 0 saturated heterocycles. The molecule has 0 bridgehead atoms. The van der Waals surface area contributed by atoms with Crippen LogP contribution in [0.5, 0.6) is 0 Å². The van der Waals surface area contributed by atoms with Crippen LogP contribution in [-0.2, 0) is 10.2 Å². The highest BCUT2D eigenvalue weighted by Crippen LogP contribution is 2.55. The van der Waals surface area contributed by atoms with Gasteiger partial charge in [0.1, 0.15) is 18.5 Å². The molecule has 2 aromatic rings. The zero-order chi connectivity index (χ0) is 19.3. The summed E-state index contributed by atoms with van der Waals surface area (Å²) < 4.78 is 41.7. The standard InChI is InChI=1S/C17H12BrF3N4O2/c18-10-2-1-9-13(14(10)21)17(3-11(17)20)7-25(15(9)27)6-12(26)24-16-22-4-8(19)5-23-16/h1-2,4-5,11H,3,6-7H2,(H,22,23,24,26)/t11-,17-/m1/s1. The number of amides is 2. The minimum Gasteiger partial charge on any atom is -0.328 e. The first-order chi connectivity index (χ1) is 12.8. The number of hydrogen-bond donors (Lipinski definition) is 1. The van der Waals surface area contributed by atoms with Gasteiger partial charge in [0.05, 0.1) is 22.3 Å². The Morgan fingerprint density at radius 2 is 2.00 bits per heavy atom. The molecule has 6 nitrogen and oxygen atoms in total. The molecule has 140 valence electrons. The van der Waals surface area contributed by atoms with Crippen LogP contribution in [0.15, 0.2) is 29.0 Å². The molecule has 2 amide bonds. The molecule has 1 aliphatic heterocycles. The van der Waals surface area contributed by atoms with Crippen LogP contribution >= 0.6 is 15.9 Å². The molecular formula is C17H12BrF3N4O2. The third kappa shape index (κ3) is 2.97. The van der Waals surface area contributed by atoms with Gasteiger partial charge in [0.15, 0.2) is 5.82 Å². The monoisotopic (exact) mass is 440 g/mol. The van der Waals surface area contributed by atoms with Crippen LogP contribution in [0, 0.1) is 11.6 Å². The van der Waals surface area contributed by atoms with E-state index in [0.717, 1.165) is 12.4 Å². The molecule has 2 atom stereocenters. The average Bonchev–Trinajstić information content (AvgIpc) is 3.26. The zero-order valence-electron chi connectivity index (χ0n) is 13.7. The molecule has 27 heavy (non-hydrogen) atoms. The summed E-state index contributed by atoms with van der Waals surface area (Å²) in [6.07, 6.45) is 0.565. The number of fused-ring (bicyclic) bond motifs is 2. The number of anilines is 1. The van der Waals surface area contributed by atoms with Gasteiger partial charge in [-0.1, -0.05) is 0 Å². The Morgan fingerprint density at radius 1 is 1.33 bits per heavy atom. The number of nitrogens with zero attached hydrogens (tertiary/aromatic N) is 3. The first kappa shape index (κ1) is 17.9. The summed E-state index contributed by atoms with van der Waals surface area (Å²) in [6.45, 7) is -0.490. The zero-order valence-corrected chi connectivity index (χ0v) is 15.3. The lowest BCUT2D eigenvalue weighted by Crippen LogP contribution is -2.48. The number of alkyl halides is 1. The fourth-order valence-corrected chi connectivity index (χ4v) is 3.73. The first-order valence-corrected chi connectivity index (χ1v) is 8.80. The molecule has 0 unspecified atom stereocenters. The second-order valence-electron chi connectivity index (χ2n) is 6.55. The molecule has 1 saturated carbocycles. The van der Waals surface area contributed by atoms with Gasteiger partial charge in [-0.2, -0.15) is 0 Å². The molecular weight excluding hydrogens is 429 g/mol. The van der Waals surface area contributed by atoms with E-state index in [1.54, 1.807) is 0 Å². The number of carbonyl (C=O) groups is 2. The van der Waals surface area contributed by atoms with E-state index in [0.29, 0.717) is 0 Å². The molecule has 1 aromatic heterocycles. The summed E-state index contributed by atoms with van der Waals surface area (Å²) in [6, 6.07) is 2.80. The average molecular weight is 441 g/mol. The third-order valence-corrected chi connectivity index (χ3v) is 5.38. The van der Waals surface area contributed by atoms with E-state index in [1.165, 1.54) is 17.0 Å². The highest BCUT2D eigenvalue weighted by Gasteiger charge is 2.62. The summed E-state index contributed by atoms with van der Waals surface area (Å²) in [7, 11) is 0. The van der Waals surface area contributed by atoms with Crippen molar-refractivity contribution in [3.05, 3.63) is 51.8 Å². The Balaban J connectivity index is 1.58. The normalized spacial score (nSPS) is 23.3. The smallest absolute Gasteiger partial charge is 0.254 e. The van der Waals surface area contributed by atoms with Gasteiger partial charge in [0.25, 0.3) is 5.91 Å². The quantitative estimate of drug-likeness (QED) is 0.795. The number of hydrogen-bond acceptors (Lipinski definition) is 4. The van der Waals surface area contributed by atoms with Gasteiger partial charge >= 0.3 is 0 Å². The second kappa shape index (κ2) is 6.29. The molecule has 2 heterocycles. The first-order valence-electron chi connectivity index (χ1n) is 8.01. The molecule has 10 heteroatoms. The van der Waals surface area contributed by atoms with Crippen LogP contribution in [0.3, 0.4) is 0 Å². The number of rotatable bonds is 3. The van der Waals surface area contributed by atoms with Crippen LogP contribution in [0.1, 0.15) is 22.3 Å². The maximum atomic E-state index is 14.6. The lowest BCUT2D eigenvalue weighted by atomic mass is 9.85. The molecule has 1 aromatic carbocycles. The van der Waals surface area contributed by atoms with Crippen molar-refractivity contribution in [3.63, 3.8) is 0 Å². The summed E-state index contributed by atoms with van der Waals surface area (Å²) in [5.41, 5.74) is -1.02. The van der Waals surface area contributed by atoms with Gasteiger partial charge < -0.3 is 4.90 Å². The van der Waals surface area contributed by atoms with Gasteiger partial charge in [-0.25, -0.2) is 23.1 Å². The fourth-order valence-electron chi connectivity index (χ4n) is 3.40. The van der Waals surface area contributed by atoms with Crippen molar-refractivity contribution in [1.29, 1.82) is 0 Å². The Kier molecular flexibility index (Phi) is 4.17. The van der Waals surface area contributed by atoms with Gasteiger partial charge in [0.2, 0.25) is 11.9 Å². The van der Waals surface area contributed by atoms with Gasteiger partial charge in [-0.05, 0) is 34.5 Å². The fraction of sp³-hybridized carbons (Fsp3) is 0.294. The van der Waals surface area contributed by atoms with Crippen molar-refractivity contribution in [2.45, 2.75) is 18.0 Å².